The van der Waals surface area contributed by atoms with Gasteiger partial charge in [-0.15, -0.1) is 0 Å². The number of sulfonamides is 2. The first-order valence-electron chi connectivity index (χ1n) is 11.6. The van der Waals surface area contributed by atoms with Gasteiger partial charge >= 0.3 is 0 Å². The standard InChI is InChI=1S/C25H25Cl2FN4O5S2/c1-30(38(2,34)35)23-6-4-3-5-21(23)25(33)29-19-7-8-24(22(28)16-19)39(36,37)32-11-9-31(10-12-32)20-14-17(26)13-18(27)15-20/h3-8,13-16H,9-12H2,1-2H3,(H,29,33). The van der Waals surface area contributed by atoms with E-state index in [0.29, 0.717) is 23.1 Å². The predicted octanol–water partition coefficient (Wildman–Crippen LogP) is 4.29. The van der Waals surface area contributed by atoms with E-state index in [2.05, 4.69) is 5.32 Å². The van der Waals surface area contributed by atoms with Crippen molar-refractivity contribution in [3.05, 3.63) is 82.1 Å². The van der Waals surface area contributed by atoms with Crippen LogP contribution in [0.3, 0.4) is 0 Å². The van der Waals surface area contributed by atoms with Crippen molar-refractivity contribution < 1.29 is 26.0 Å². The summed E-state index contributed by atoms with van der Waals surface area (Å²) in [7, 11) is -6.48. The maximum atomic E-state index is 15.1. The second-order valence-corrected chi connectivity index (χ2v) is 13.7. The van der Waals surface area contributed by atoms with Crippen LogP contribution in [0.15, 0.2) is 65.6 Å². The van der Waals surface area contributed by atoms with Gasteiger partial charge in [-0.3, -0.25) is 9.10 Å². The van der Waals surface area contributed by atoms with Gasteiger partial charge in [0, 0.05) is 54.6 Å². The Morgan fingerprint density at radius 3 is 2.13 bits per heavy atom. The number of piperazine rings is 1. The number of para-hydroxylation sites is 1. The Bertz CT molecular complexity index is 1610. The molecular weight excluding hydrogens is 590 g/mol. The van der Waals surface area contributed by atoms with Crippen molar-refractivity contribution in [3.63, 3.8) is 0 Å². The summed E-state index contributed by atoms with van der Waals surface area (Å²) in [6.45, 7) is 0.948. The molecule has 1 saturated heterocycles. The summed E-state index contributed by atoms with van der Waals surface area (Å²) >= 11 is 12.1. The lowest BCUT2D eigenvalue weighted by Crippen LogP contribution is -2.48. The molecule has 0 bridgehead atoms. The summed E-state index contributed by atoms with van der Waals surface area (Å²) in [5, 5.41) is 3.43. The maximum absolute atomic E-state index is 15.1. The molecular formula is C25H25Cl2FN4O5S2. The summed E-state index contributed by atoms with van der Waals surface area (Å²) < 4.78 is 67.5. The molecule has 1 N–H and O–H groups in total. The normalized spacial score (nSPS) is 14.7. The number of hydrogen-bond donors (Lipinski definition) is 1. The van der Waals surface area contributed by atoms with E-state index in [-0.39, 0.29) is 30.0 Å². The Kier molecular flexibility index (Phi) is 8.43. The molecule has 9 nitrogen and oxygen atoms in total. The number of nitrogens with zero attached hydrogens (tertiary/aromatic N) is 3. The van der Waals surface area contributed by atoms with E-state index in [1.54, 1.807) is 30.3 Å². The van der Waals surface area contributed by atoms with Crippen LogP contribution < -0.4 is 14.5 Å². The molecule has 1 heterocycles. The summed E-state index contributed by atoms with van der Waals surface area (Å²) in [5.74, 6) is -1.72. The van der Waals surface area contributed by atoms with Crippen LogP contribution in [0.2, 0.25) is 10.0 Å². The van der Waals surface area contributed by atoms with Crippen molar-refractivity contribution >= 4 is 66.2 Å². The zero-order chi connectivity index (χ0) is 28.5. The maximum Gasteiger partial charge on any atom is 0.257 e. The van der Waals surface area contributed by atoms with E-state index in [1.165, 1.54) is 29.6 Å². The van der Waals surface area contributed by atoms with Gasteiger partial charge < -0.3 is 10.2 Å². The van der Waals surface area contributed by atoms with Crippen LogP contribution in [0.4, 0.5) is 21.5 Å². The Balaban J connectivity index is 1.48. The molecule has 1 aliphatic rings. The lowest BCUT2D eigenvalue weighted by atomic mass is 10.1. The lowest BCUT2D eigenvalue weighted by molar-refractivity contribution is 0.102. The van der Waals surface area contributed by atoms with Crippen LogP contribution >= 0.6 is 23.2 Å². The Hall–Kier alpha value is -2.90. The van der Waals surface area contributed by atoms with Crippen molar-refractivity contribution in [2.75, 3.05) is 54.0 Å². The van der Waals surface area contributed by atoms with Gasteiger partial charge in [-0.05, 0) is 48.5 Å². The highest BCUT2D eigenvalue weighted by molar-refractivity contribution is 7.92. The second kappa shape index (κ2) is 11.3. The predicted molar refractivity (Wildman–Crippen MR) is 151 cm³/mol. The number of nitrogens with one attached hydrogen (secondary N) is 1. The van der Waals surface area contributed by atoms with Gasteiger partial charge in [0.2, 0.25) is 20.0 Å². The molecule has 0 aromatic heterocycles. The van der Waals surface area contributed by atoms with Gasteiger partial charge in [-0.2, -0.15) is 4.31 Å². The van der Waals surface area contributed by atoms with E-state index in [0.717, 1.165) is 28.4 Å². The molecule has 0 aliphatic carbocycles. The molecule has 0 spiro atoms. The lowest BCUT2D eigenvalue weighted by Gasteiger charge is -2.35. The van der Waals surface area contributed by atoms with Crippen LogP contribution in [0, 0.1) is 5.82 Å². The number of hydrogen-bond acceptors (Lipinski definition) is 6. The van der Waals surface area contributed by atoms with Crippen LogP contribution in [-0.2, 0) is 20.0 Å². The van der Waals surface area contributed by atoms with Crippen LogP contribution in [-0.4, -0.2) is 66.5 Å². The second-order valence-electron chi connectivity index (χ2n) is 8.87. The fourth-order valence-electron chi connectivity index (χ4n) is 4.15. The number of carbonyl (C=O) groups is 1. The molecule has 39 heavy (non-hydrogen) atoms. The quantitative estimate of drug-likeness (QED) is 0.425. The average molecular weight is 616 g/mol. The molecule has 4 rings (SSSR count). The van der Waals surface area contributed by atoms with Crippen molar-refractivity contribution in [2.45, 2.75) is 4.90 Å². The fraction of sp³-hybridized carbons (Fsp3) is 0.240. The van der Waals surface area contributed by atoms with Crippen molar-refractivity contribution in [3.8, 4) is 0 Å². The first kappa shape index (κ1) is 29.1. The van der Waals surface area contributed by atoms with Crippen LogP contribution in [0.5, 0.6) is 0 Å². The Labute approximate surface area is 236 Å². The molecule has 0 radical (unpaired) electrons. The van der Waals surface area contributed by atoms with Gasteiger partial charge in [0.05, 0.1) is 17.5 Å². The van der Waals surface area contributed by atoms with Gasteiger partial charge in [0.15, 0.2) is 0 Å². The monoisotopic (exact) mass is 614 g/mol. The molecule has 3 aromatic carbocycles. The largest absolute Gasteiger partial charge is 0.369 e. The topological polar surface area (TPSA) is 107 Å². The van der Waals surface area contributed by atoms with E-state index in [1.807, 2.05) is 4.90 Å². The summed E-state index contributed by atoms with van der Waals surface area (Å²) in [4.78, 5) is 14.3. The first-order valence-corrected chi connectivity index (χ1v) is 15.7. The average Bonchev–Trinajstić information content (AvgIpc) is 2.87. The summed E-state index contributed by atoms with van der Waals surface area (Å²) in [5.41, 5.74) is 0.953. The molecule has 1 fully saturated rings. The Morgan fingerprint density at radius 2 is 1.54 bits per heavy atom. The van der Waals surface area contributed by atoms with Crippen molar-refractivity contribution in [1.82, 2.24) is 4.31 Å². The third-order valence-electron chi connectivity index (χ3n) is 6.24. The van der Waals surface area contributed by atoms with Crippen LogP contribution in [0.1, 0.15) is 10.4 Å². The number of anilines is 3. The van der Waals surface area contributed by atoms with E-state index >= 15 is 4.39 Å². The SMILES string of the molecule is CN(c1ccccc1C(=O)Nc1ccc(S(=O)(=O)N2CCN(c3cc(Cl)cc(Cl)c3)CC2)c(F)c1)S(C)(=O)=O. The van der Waals surface area contributed by atoms with E-state index in [9.17, 15) is 21.6 Å². The highest BCUT2D eigenvalue weighted by Crippen LogP contribution is 2.29. The number of benzene rings is 3. The zero-order valence-corrected chi connectivity index (χ0v) is 24.1. The van der Waals surface area contributed by atoms with E-state index < -0.39 is 36.7 Å². The third-order valence-corrected chi connectivity index (χ3v) is 9.80. The van der Waals surface area contributed by atoms with Crippen molar-refractivity contribution in [2.24, 2.45) is 0 Å². The molecule has 208 valence electrons. The number of amides is 1. The zero-order valence-electron chi connectivity index (χ0n) is 20.9. The molecule has 1 amide bonds. The van der Waals surface area contributed by atoms with Crippen LogP contribution in [0.25, 0.3) is 0 Å². The summed E-state index contributed by atoms with van der Waals surface area (Å²) in [6, 6.07) is 14.4. The first-order chi connectivity index (χ1) is 18.3. The van der Waals surface area contributed by atoms with Gasteiger partial charge in [-0.25, -0.2) is 21.2 Å². The van der Waals surface area contributed by atoms with E-state index in [4.69, 9.17) is 23.2 Å². The van der Waals surface area contributed by atoms with Crippen molar-refractivity contribution in [1.29, 1.82) is 0 Å². The number of rotatable bonds is 7. The van der Waals surface area contributed by atoms with Gasteiger partial charge in [0.1, 0.15) is 10.7 Å². The highest BCUT2D eigenvalue weighted by atomic mass is 35.5. The minimum Gasteiger partial charge on any atom is -0.369 e. The smallest absolute Gasteiger partial charge is 0.257 e. The fourth-order valence-corrected chi connectivity index (χ4v) is 6.65. The third kappa shape index (κ3) is 6.47. The minimum atomic E-state index is -4.15. The molecule has 3 aromatic rings. The molecule has 0 unspecified atom stereocenters. The molecule has 1 aliphatic heterocycles. The minimum absolute atomic E-state index is 0.0101. The molecule has 14 heteroatoms. The number of halogens is 3. The molecule has 0 saturated carbocycles. The Morgan fingerprint density at radius 1 is 0.923 bits per heavy atom. The number of carbonyl (C=O) groups excluding carboxylic acids is 1. The molecule has 0 atom stereocenters. The highest BCUT2D eigenvalue weighted by Gasteiger charge is 2.31. The van der Waals surface area contributed by atoms with Gasteiger partial charge in [-0.1, -0.05) is 35.3 Å². The van der Waals surface area contributed by atoms with Gasteiger partial charge in [0.25, 0.3) is 5.91 Å². The summed E-state index contributed by atoms with van der Waals surface area (Å²) in [6.07, 6.45) is 1.00.